The van der Waals surface area contributed by atoms with Crippen molar-refractivity contribution in [3.63, 3.8) is 0 Å². The zero-order chi connectivity index (χ0) is 12.0. The molecule has 0 saturated heterocycles. The summed E-state index contributed by atoms with van der Waals surface area (Å²) >= 11 is 0. The molecular formula is C13H21NO2. The molecule has 1 atom stereocenters. The first-order valence-corrected chi connectivity index (χ1v) is 5.66. The molecule has 0 amide bonds. The minimum atomic E-state index is -0.373. The Bertz CT molecular complexity index is 310. The van der Waals surface area contributed by atoms with Crippen molar-refractivity contribution in [3.05, 3.63) is 29.8 Å². The summed E-state index contributed by atoms with van der Waals surface area (Å²) in [7, 11) is 1.65. The van der Waals surface area contributed by atoms with E-state index in [9.17, 15) is 5.11 Å². The molecular weight excluding hydrogens is 202 g/mol. The number of aliphatic hydroxyl groups is 1. The molecule has 1 aromatic carbocycles. The van der Waals surface area contributed by atoms with Crippen LogP contribution in [0.3, 0.4) is 0 Å². The predicted molar refractivity (Wildman–Crippen MR) is 65.7 cm³/mol. The van der Waals surface area contributed by atoms with E-state index in [0.717, 1.165) is 24.3 Å². The quantitative estimate of drug-likeness (QED) is 0.774. The van der Waals surface area contributed by atoms with Crippen molar-refractivity contribution in [2.75, 3.05) is 20.3 Å². The summed E-state index contributed by atoms with van der Waals surface area (Å²) in [5, 5.41) is 12.9. The van der Waals surface area contributed by atoms with Crippen molar-refractivity contribution in [2.24, 2.45) is 0 Å². The Morgan fingerprint density at radius 3 is 2.38 bits per heavy atom. The topological polar surface area (TPSA) is 41.5 Å². The lowest BCUT2D eigenvalue weighted by atomic mass is 9.92. The largest absolute Gasteiger partial charge is 0.497 e. The van der Waals surface area contributed by atoms with Crippen LogP contribution in [0.4, 0.5) is 0 Å². The van der Waals surface area contributed by atoms with Gasteiger partial charge in [0.2, 0.25) is 0 Å². The van der Waals surface area contributed by atoms with Crippen LogP contribution in [0, 0.1) is 0 Å². The fraction of sp³-hybridized carbons (Fsp3) is 0.538. The van der Waals surface area contributed by atoms with Crippen LogP contribution in [0.15, 0.2) is 24.3 Å². The third-order valence-electron chi connectivity index (χ3n) is 2.81. The maximum Gasteiger partial charge on any atom is 0.118 e. The van der Waals surface area contributed by atoms with Gasteiger partial charge in [-0.15, -0.1) is 0 Å². The number of hydrogen-bond donors (Lipinski definition) is 2. The Balaban J connectivity index is 2.84. The van der Waals surface area contributed by atoms with Gasteiger partial charge < -0.3 is 15.2 Å². The Kier molecular flexibility index (Phi) is 4.77. The van der Waals surface area contributed by atoms with Gasteiger partial charge in [-0.25, -0.2) is 0 Å². The number of rotatable bonds is 6. The molecule has 3 nitrogen and oxygen atoms in total. The molecule has 0 spiro atoms. The van der Waals surface area contributed by atoms with Gasteiger partial charge in [0.1, 0.15) is 5.75 Å². The average molecular weight is 223 g/mol. The van der Waals surface area contributed by atoms with E-state index in [-0.39, 0.29) is 12.1 Å². The molecule has 0 saturated carbocycles. The second kappa shape index (κ2) is 5.87. The molecule has 2 N–H and O–H groups in total. The summed E-state index contributed by atoms with van der Waals surface area (Å²) in [6.07, 6.45) is 1.05. The SMILES string of the molecule is CCCNC(C)(CO)c1ccc(OC)cc1. The fourth-order valence-corrected chi connectivity index (χ4v) is 1.61. The lowest BCUT2D eigenvalue weighted by Crippen LogP contribution is -2.43. The molecule has 0 aliphatic heterocycles. The molecule has 0 fully saturated rings. The second-order valence-electron chi connectivity index (χ2n) is 4.15. The minimum Gasteiger partial charge on any atom is -0.497 e. The van der Waals surface area contributed by atoms with Crippen molar-refractivity contribution >= 4 is 0 Å². The normalized spacial score (nSPS) is 14.5. The van der Waals surface area contributed by atoms with Crippen LogP contribution in [0.25, 0.3) is 0 Å². The average Bonchev–Trinajstić information content (AvgIpc) is 2.36. The number of nitrogens with one attached hydrogen (secondary N) is 1. The third-order valence-corrected chi connectivity index (χ3v) is 2.81. The van der Waals surface area contributed by atoms with Crippen LogP contribution >= 0.6 is 0 Å². The Morgan fingerprint density at radius 2 is 1.94 bits per heavy atom. The van der Waals surface area contributed by atoms with Crippen LogP contribution in [-0.4, -0.2) is 25.4 Å². The highest BCUT2D eigenvalue weighted by atomic mass is 16.5. The van der Waals surface area contributed by atoms with Crippen LogP contribution in [0.5, 0.6) is 5.75 Å². The molecule has 1 aromatic rings. The summed E-state index contributed by atoms with van der Waals surface area (Å²) in [4.78, 5) is 0. The van der Waals surface area contributed by atoms with Gasteiger partial charge in [-0.05, 0) is 37.6 Å². The van der Waals surface area contributed by atoms with Gasteiger partial charge in [0, 0.05) is 0 Å². The first-order chi connectivity index (χ1) is 7.66. The van der Waals surface area contributed by atoms with Gasteiger partial charge in [0.15, 0.2) is 0 Å². The van der Waals surface area contributed by atoms with Gasteiger partial charge in [-0.1, -0.05) is 19.1 Å². The molecule has 1 unspecified atom stereocenters. The lowest BCUT2D eigenvalue weighted by molar-refractivity contribution is 0.175. The van der Waals surface area contributed by atoms with E-state index in [1.807, 2.05) is 31.2 Å². The first-order valence-electron chi connectivity index (χ1n) is 5.66. The minimum absolute atomic E-state index is 0.0827. The summed E-state index contributed by atoms with van der Waals surface area (Å²) < 4.78 is 5.11. The lowest BCUT2D eigenvalue weighted by Gasteiger charge is -2.29. The van der Waals surface area contributed by atoms with Crippen molar-refractivity contribution in [1.29, 1.82) is 0 Å². The Hall–Kier alpha value is -1.06. The van der Waals surface area contributed by atoms with Crippen LogP contribution in [0.1, 0.15) is 25.8 Å². The second-order valence-corrected chi connectivity index (χ2v) is 4.15. The summed E-state index contributed by atoms with van der Waals surface area (Å²) in [5.74, 6) is 0.833. The molecule has 3 heteroatoms. The summed E-state index contributed by atoms with van der Waals surface area (Å²) in [5.41, 5.74) is 0.701. The predicted octanol–water partition coefficient (Wildman–Crippen LogP) is 1.90. The van der Waals surface area contributed by atoms with Gasteiger partial charge in [0.25, 0.3) is 0 Å². The van der Waals surface area contributed by atoms with Gasteiger partial charge >= 0.3 is 0 Å². The number of ether oxygens (including phenoxy) is 1. The van der Waals surface area contributed by atoms with Crippen LogP contribution < -0.4 is 10.1 Å². The number of hydrogen-bond acceptors (Lipinski definition) is 3. The van der Waals surface area contributed by atoms with E-state index in [0.29, 0.717) is 0 Å². The third kappa shape index (κ3) is 2.97. The highest BCUT2D eigenvalue weighted by molar-refractivity contribution is 5.31. The zero-order valence-electron chi connectivity index (χ0n) is 10.3. The van der Waals surface area contributed by atoms with E-state index < -0.39 is 0 Å². The van der Waals surface area contributed by atoms with E-state index in [1.54, 1.807) is 7.11 Å². The monoisotopic (exact) mass is 223 g/mol. The Labute approximate surface area is 97.4 Å². The van der Waals surface area contributed by atoms with Crippen LogP contribution in [-0.2, 0) is 5.54 Å². The number of methoxy groups -OCH3 is 1. The van der Waals surface area contributed by atoms with Crippen molar-refractivity contribution in [1.82, 2.24) is 5.32 Å². The summed E-state index contributed by atoms with van der Waals surface area (Å²) in [6, 6.07) is 7.79. The zero-order valence-corrected chi connectivity index (χ0v) is 10.3. The number of benzene rings is 1. The highest BCUT2D eigenvalue weighted by Crippen LogP contribution is 2.22. The molecule has 0 radical (unpaired) electrons. The Morgan fingerprint density at radius 1 is 1.31 bits per heavy atom. The van der Waals surface area contributed by atoms with E-state index in [4.69, 9.17) is 4.74 Å². The maximum atomic E-state index is 9.50. The van der Waals surface area contributed by atoms with Crippen molar-refractivity contribution < 1.29 is 9.84 Å². The van der Waals surface area contributed by atoms with Gasteiger partial charge in [-0.3, -0.25) is 0 Å². The van der Waals surface area contributed by atoms with Crippen LogP contribution in [0.2, 0.25) is 0 Å². The summed E-state index contributed by atoms with van der Waals surface area (Å²) in [6.45, 7) is 5.09. The van der Waals surface area contributed by atoms with Gasteiger partial charge in [-0.2, -0.15) is 0 Å². The molecule has 0 bridgehead atoms. The van der Waals surface area contributed by atoms with Crippen molar-refractivity contribution in [2.45, 2.75) is 25.8 Å². The molecule has 0 aromatic heterocycles. The van der Waals surface area contributed by atoms with Gasteiger partial charge in [0.05, 0.1) is 19.3 Å². The fourth-order valence-electron chi connectivity index (χ4n) is 1.61. The van der Waals surface area contributed by atoms with Crippen molar-refractivity contribution in [3.8, 4) is 5.75 Å². The molecule has 0 aliphatic carbocycles. The number of aliphatic hydroxyl groups excluding tert-OH is 1. The van der Waals surface area contributed by atoms with E-state index in [2.05, 4.69) is 12.2 Å². The molecule has 0 heterocycles. The van der Waals surface area contributed by atoms with E-state index >= 15 is 0 Å². The highest BCUT2D eigenvalue weighted by Gasteiger charge is 2.24. The maximum absolute atomic E-state index is 9.50. The molecule has 90 valence electrons. The standard InChI is InChI=1S/C13H21NO2/c1-4-9-14-13(2,10-15)11-5-7-12(16-3)8-6-11/h5-8,14-15H,4,9-10H2,1-3H3. The first kappa shape index (κ1) is 13.0. The molecule has 16 heavy (non-hydrogen) atoms. The molecule has 0 aliphatic rings. The molecule has 1 rings (SSSR count). The van der Waals surface area contributed by atoms with E-state index in [1.165, 1.54) is 0 Å². The smallest absolute Gasteiger partial charge is 0.118 e.